The standard InChI is InChI=1S/C14H22O/c1-11(2)5-8-13(4)15-14-9-6-12(3)7-10-14/h6-7,9-11,13H,5,8H2,1-4H3. The van der Waals surface area contributed by atoms with Crippen molar-refractivity contribution in [2.75, 3.05) is 0 Å². The minimum atomic E-state index is 0.315. The van der Waals surface area contributed by atoms with Crippen LogP contribution in [0.4, 0.5) is 0 Å². The minimum Gasteiger partial charge on any atom is -0.491 e. The van der Waals surface area contributed by atoms with E-state index in [0.717, 1.165) is 18.1 Å². The van der Waals surface area contributed by atoms with E-state index in [-0.39, 0.29) is 0 Å². The van der Waals surface area contributed by atoms with Crippen molar-refractivity contribution in [1.82, 2.24) is 0 Å². The minimum absolute atomic E-state index is 0.315. The Morgan fingerprint density at radius 3 is 2.13 bits per heavy atom. The number of aryl methyl sites for hydroxylation is 1. The Bertz CT molecular complexity index is 274. The predicted octanol–water partition coefficient (Wildman–Crippen LogP) is 4.20. The first kappa shape index (κ1) is 12.1. The van der Waals surface area contributed by atoms with Crippen molar-refractivity contribution in [3.63, 3.8) is 0 Å². The molecule has 1 aromatic carbocycles. The molecule has 0 bridgehead atoms. The Hall–Kier alpha value is -0.980. The van der Waals surface area contributed by atoms with Crippen molar-refractivity contribution in [2.24, 2.45) is 5.92 Å². The number of benzene rings is 1. The molecule has 0 radical (unpaired) electrons. The van der Waals surface area contributed by atoms with Gasteiger partial charge >= 0.3 is 0 Å². The van der Waals surface area contributed by atoms with Gasteiger partial charge in [-0.25, -0.2) is 0 Å². The molecule has 84 valence electrons. The zero-order valence-electron chi connectivity index (χ0n) is 10.3. The molecule has 0 N–H and O–H groups in total. The molecule has 1 aromatic rings. The second kappa shape index (κ2) is 5.79. The number of rotatable bonds is 5. The highest BCUT2D eigenvalue weighted by Crippen LogP contribution is 2.16. The van der Waals surface area contributed by atoms with Crippen LogP contribution in [0.25, 0.3) is 0 Å². The van der Waals surface area contributed by atoms with Crippen LogP contribution in [0.1, 0.15) is 39.2 Å². The molecule has 0 aliphatic rings. The number of hydrogen-bond donors (Lipinski definition) is 0. The van der Waals surface area contributed by atoms with E-state index in [1.165, 1.54) is 12.0 Å². The lowest BCUT2D eigenvalue weighted by molar-refractivity contribution is 0.201. The molecular weight excluding hydrogens is 184 g/mol. The van der Waals surface area contributed by atoms with Gasteiger partial charge in [-0.05, 0) is 44.7 Å². The first-order chi connectivity index (χ1) is 7.08. The third-order valence-electron chi connectivity index (χ3n) is 2.51. The first-order valence-corrected chi connectivity index (χ1v) is 5.81. The molecule has 15 heavy (non-hydrogen) atoms. The number of ether oxygens (including phenoxy) is 1. The van der Waals surface area contributed by atoms with Gasteiger partial charge in [-0.15, -0.1) is 0 Å². The summed E-state index contributed by atoms with van der Waals surface area (Å²) in [7, 11) is 0. The Morgan fingerprint density at radius 1 is 1.00 bits per heavy atom. The predicted molar refractivity (Wildman–Crippen MR) is 65.3 cm³/mol. The van der Waals surface area contributed by atoms with E-state index in [1.54, 1.807) is 0 Å². The van der Waals surface area contributed by atoms with E-state index in [9.17, 15) is 0 Å². The van der Waals surface area contributed by atoms with Crippen molar-refractivity contribution >= 4 is 0 Å². The van der Waals surface area contributed by atoms with Gasteiger partial charge in [-0.2, -0.15) is 0 Å². The van der Waals surface area contributed by atoms with Crippen LogP contribution in [0.15, 0.2) is 24.3 Å². The fourth-order valence-corrected chi connectivity index (χ4v) is 1.48. The van der Waals surface area contributed by atoms with Gasteiger partial charge in [-0.1, -0.05) is 31.5 Å². The largest absolute Gasteiger partial charge is 0.491 e. The molecule has 0 aliphatic carbocycles. The molecule has 1 heteroatoms. The molecule has 0 aliphatic heterocycles. The average molecular weight is 206 g/mol. The fourth-order valence-electron chi connectivity index (χ4n) is 1.48. The Kier molecular flexibility index (Phi) is 4.67. The molecule has 0 fully saturated rings. The highest BCUT2D eigenvalue weighted by Gasteiger charge is 2.05. The van der Waals surface area contributed by atoms with Crippen LogP contribution >= 0.6 is 0 Å². The summed E-state index contributed by atoms with van der Waals surface area (Å²) < 4.78 is 5.82. The SMILES string of the molecule is Cc1ccc(OC(C)CCC(C)C)cc1. The van der Waals surface area contributed by atoms with Gasteiger partial charge in [0.25, 0.3) is 0 Å². The summed E-state index contributed by atoms with van der Waals surface area (Å²) >= 11 is 0. The molecule has 1 atom stereocenters. The zero-order chi connectivity index (χ0) is 11.3. The van der Waals surface area contributed by atoms with Gasteiger partial charge in [-0.3, -0.25) is 0 Å². The van der Waals surface area contributed by atoms with Gasteiger partial charge in [0.2, 0.25) is 0 Å². The molecule has 0 spiro atoms. The van der Waals surface area contributed by atoms with E-state index in [2.05, 4.69) is 39.8 Å². The van der Waals surface area contributed by atoms with Crippen molar-refractivity contribution in [3.05, 3.63) is 29.8 Å². The van der Waals surface area contributed by atoms with Crippen LogP contribution in [0.5, 0.6) is 5.75 Å². The fraction of sp³-hybridized carbons (Fsp3) is 0.571. The lowest BCUT2D eigenvalue weighted by Crippen LogP contribution is -2.12. The zero-order valence-corrected chi connectivity index (χ0v) is 10.3. The average Bonchev–Trinajstić information content (AvgIpc) is 2.19. The molecule has 1 rings (SSSR count). The molecule has 0 saturated heterocycles. The number of hydrogen-bond acceptors (Lipinski definition) is 1. The summed E-state index contributed by atoms with van der Waals surface area (Å²) in [4.78, 5) is 0. The maximum Gasteiger partial charge on any atom is 0.119 e. The quantitative estimate of drug-likeness (QED) is 0.701. The van der Waals surface area contributed by atoms with Crippen molar-refractivity contribution in [2.45, 2.75) is 46.6 Å². The van der Waals surface area contributed by atoms with Crippen molar-refractivity contribution < 1.29 is 4.74 Å². The third kappa shape index (κ3) is 4.87. The molecule has 1 nitrogen and oxygen atoms in total. The highest BCUT2D eigenvalue weighted by atomic mass is 16.5. The summed E-state index contributed by atoms with van der Waals surface area (Å²) in [5.74, 6) is 1.74. The summed E-state index contributed by atoms with van der Waals surface area (Å²) in [5.41, 5.74) is 1.28. The molecule has 0 amide bonds. The van der Waals surface area contributed by atoms with E-state index in [1.807, 2.05) is 12.1 Å². The maximum atomic E-state index is 5.82. The summed E-state index contributed by atoms with van der Waals surface area (Å²) in [6.45, 7) is 8.73. The van der Waals surface area contributed by atoms with Crippen LogP contribution in [0, 0.1) is 12.8 Å². The van der Waals surface area contributed by atoms with Crippen molar-refractivity contribution in [3.8, 4) is 5.75 Å². The Labute approximate surface area is 93.5 Å². The van der Waals surface area contributed by atoms with E-state index in [4.69, 9.17) is 4.74 Å². The second-order valence-electron chi connectivity index (χ2n) is 4.71. The normalized spacial score (nSPS) is 12.9. The molecule has 0 aromatic heterocycles. The van der Waals surface area contributed by atoms with Gasteiger partial charge in [0.05, 0.1) is 6.10 Å². The van der Waals surface area contributed by atoms with E-state index < -0.39 is 0 Å². The van der Waals surface area contributed by atoms with Crippen LogP contribution in [0.3, 0.4) is 0 Å². The first-order valence-electron chi connectivity index (χ1n) is 5.81. The molecule has 1 unspecified atom stereocenters. The molecule has 0 heterocycles. The molecule has 0 saturated carbocycles. The topological polar surface area (TPSA) is 9.23 Å². The third-order valence-corrected chi connectivity index (χ3v) is 2.51. The Balaban J connectivity index is 2.37. The van der Waals surface area contributed by atoms with E-state index >= 15 is 0 Å². The monoisotopic (exact) mass is 206 g/mol. The van der Waals surface area contributed by atoms with Gasteiger partial charge < -0.3 is 4.74 Å². The Morgan fingerprint density at radius 2 is 1.60 bits per heavy atom. The smallest absolute Gasteiger partial charge is 0.119 e. The lowest BCUT2D eigenvalue weighted by atomic mass is 10.1. The highest BCUT2D eigenvalue weighted by molar-refractivity contribution is 5.26. The van der Waals surface area contributed by atoms with E-state index in [0.29, 0.717) is 6.10 Å². The van der Waals surface area contributed by atoms with Gasteiger partial charge in [0.1, 0.15) is 5.75 Å². The maximum absolute atomic E-state index is 5.82. The van der Waals surface area contributed by atoms with Crippen LogP contribution in [-0.4, -0.2) is 6.10 Å². The summed E-state index contributed by atoms with van der Waals surface area (Å²) in [6.07, 6.45) is 2.67. The van der Waals surface area contributed by atoms with Gasteiger partial charge in [0.15, 0.2) is 0 Å². The van der Waals surface area contributed by atoms with Crippen molar-refractivity contribution in [1.29, 1.82) is 0 Å². The van der Waals surface area contributed by atoms with Crippen LogP contribution < -0.4 is 4.74 Å². The van der Waals surface area contributed by atoms with Crippen LogP contribution in [0.2, 0.25) is 0 Å². The summed E-state index contributed by atoms with van der Waals surface area (Å²) in [6, 6.07) is 8.26. The van der Waals surface area contributed by atoms with Gasteiger partial charge in [0, 0.05) is 0 Å². The van der Waals surface area contributed by atoms with Crippen LogP contribution in [-0.2, 0) is 0 Å². The summed E-state index contributed by atoms with van der Waals surface area (Å²) in [5, 5.41) is 0. The molecular formula is C14H22O. The second-order valence-corrected chi connectivity index (χ2v) is 4.71. The lowest BCUT2D eigenvalue weighted by Gasteiger charge is -2.15.